The molecule has 1 saturated carbocycles. The Morgan fingerprint density at radius 3 is 2.65 bits per heavy atom. The quantitative estimate of drug-likeness (QED) is 0.626. The second-order valence-electron chi connectivity index (χ2n) is 5.93. The average Bonchev–Trinajstić information content (AvgIpc) is 2.54. The van der Waals surface area contributed by atoms with Crippen molar-refractivity contribution in [1.29, 1.82) is 0 Å². The van der Waals surface area contributed by atoms with Crippen LogP contribution in [-0.4, -0.2) is 24.5 Å². The Hall–Kier alpha value is -1.62. The number of carbonyl (C=O) groups is 2. The summed E-state index contributed by atoms with van der Waals surface area (Å²) in [4.78, 5) is 23.5. The highest BCUT2D eigenvalue weighted by molar-refractivity contribution is 9.10. The van der Waals surface area contributed by atoms with Crippen LogP contribution in [0.4, 0.5) is 0 Å². The summed E-state index contributed by atoms with van der Waals surface area (Å²) in [5.41, 5.74) is 0.894. The lowest BCUT2D eigenvalue weighted by molar-refractivity contribution is -0.144. The number of halogens is 1. The minimum Gasteiger partial charge on any atom is -0.452 e. The molecule has 5 heteroatoms. The van der Waals surface area contributed by atoms with Gasteiger partial charge in [-0.05, 0) is 42.5 Å². The van der Waals surface area contributed by atoms with Crippen molar-refractivity contribution in [1.82, 2.24) is 5.32 Å². The van der Waals surface area contributed by atoms with Gasteiger partial charge in [-0.15, -0.1) is 0 Å². The van der Waals surface area contributed by atoms with Gasteiger partial charge in [0.2, 0.25) is 0 Å². The molecule has 1 amide bonds. The first-order valence-corrected chi connectivity index (χ1v) is 8.73. The molecule has 0 aromatic heterocycles. The summed E-state index contributed by atoms with van der Waals surface area (Å²) >= 11 is 3.35. The standard InChI is InChI=1S/C18H22BrNO3/c1-13-4-2-3-5-16(13)20-17(21)12-23-18(22)11-8-14-6-9-15(19)10-7-14/h6-11,13,16H,2-5,12H2,1H3,(H,20,21)/b11-8+. The fourth-order valence-corrected chi connectivity index (χ4v) is 2.97. The van der Waals surface area contributed by atoms with Crippen LogP contribution in [0.3, 0.4) is 0 Å². The van der Waals surface area contributed by atoms with Crippen molar-refractivity contribution in [3.8, 4) is 0 Å². The Bertz CT molecular complexity index is 568. The third kappa shape index (κ3) is 6.18. The van der Waals surface area contributed by atoms with Gasteiger partial charge in [-0.25, -0.2) is 4.79 Å². The number of nitrogens with one attached hydrogen (secondary N) is 1. The van der Waals surface area contributed by atoms with Gasteiger partial charge in [0.15, 0.2) is 6.61 Å². The molecular weight excluding hydrogens is 358 g/mol. The maximum Gasteiger partial charge on any atom is 0.331 e. The maximum atomic E-state index is 11.9. The molecule has 1 aromatic rings. The lowest BCUT2D eigenvalue weighted by Crippen LogP contribution is -2.42. The molecule has 2 atom stereocenters. The summed E-state index contributed by atoms with van der Waals surface area (Å²) in [6.07, 6.45) is 7.51. The van der Waals surface area contributed by atoms with E-state index >= 15 is 0 Å². The van der Waals surface area contributed by atoms with Gasteiger partial charge in [0.1, 0.15) is 0 Å². The normalized spacial score (nSPS) is 21.1. The van der Waals surface area contributed by atoms with Crippen LogP contribution in [0.2, 0.25) is 0 Å². The Morgan fingerprint density at radius 2 is 1.96 bits per heavy atom. The van der Waals surface area contributed by atoms with Gasteiger partial charge in [-0.1, -0.05) is 47.8 Å². The van der Waals surface area contributed by atoms with E-state index in [0.29, 0.717) is 5.92 Å². The molecule has 1 aliphatic rings. The molecule has 124 valence electrons. The van der Waals surface area contributed by atoms with E-state index in [1.54, 1.807) is 6.08 Å². The highest BCUT2D eigenvalue weighted by atomic mass is 79.9. The van der Waals surface area contributed by atoms with Crippen LogP contribution in [0.1, 0.15) is 38.2 Å². The number of ether oxygens (including phenoxy) is 1. The topological polar surface area (TPSA) is 55.4 Å². The number of hydrogen-bond donors (Lipinski definition) is 1. The van der Waals surface area contributed by atoms with E-state index in [1.165, 1.54) is 12.5 Å². The number of rotatable bonds is 5. The summed E-state index contributed by atoms with van der Waals surface area (Å²) in [6, 6.07) is 7.75. The van der Waals surface area contributed by atoms with E-state index in [2.05, 4.69) is 28.2 Å². The number of carbonyl (C=O) groups excluding carboxylic acids is 2. The fraction of sp³-hybridized carbons (Fsp3) is 0.444. The summed E-state index contributed by atoms with van der Waals surface area (Å²) in [5.74, 6) is -0.255. The third-order valence-corrected chi connectivity index (χ3v) is 4.61. The molecule has 1 N–H and O–H groups in total. The van der Waals surface area contributed by atoms with E-state index in [-0.39, 0.29) is 18.6 Å². The zero-order chi connectivity index (χ0) is 16.7. The highest BCUT2D eigenvalue weighted by Gasteiger charge is 2.22. The Morgan fingerprint density at radius 1 is 1.26 bits per heavy atom. The van der Waals surface area contributed by atoms with Gasteiger partial charge in [-0.3, -0.25) is 4.79 Å². The minimum atomic E-state index is -0.514. The fourth-order valence-electron chi connectivity index (χ4n) is 2.70. The van der Waals surface area contributed by atoms with Crippen LogP contribution in [-0.2, 0) is 14.3 Å². The van der Waals surface area contributed by atoms with E-state index in [0.717, 1.165) is 29.3 Å². The third-order valence-electron chi connectivity index (χ3n) is 4.09. The monoisotopic (exact) mass is 379 g/mol. The van der Waals surface area contributed by atoms with Crippen molar-refractivity contribution < 1.29 is 14.3 Å². The van der Waals surface area contributed by atoms with E-state index in [9.17, 15) is 9.59 Å². The molecule has 2 rings (SSSR count). The summed E-state index contributed by atoms with van der Waals surface area (Å²) < 4.78 is 5.96. The van der Waals surface area contributed by atoms with Crippen LogP contribution >= 0.6 is 15.9 Å². The predicted molar refractivity (Wildman–Crippen MR) is 93.7 cm³/mol. The van der Waals surface area contributed by atoms with E-state index in [4.69, 9.17) is 4.74 Å². The van der Waals surface area contributed by atoms with Crippen molar-refractivity contribution >= 4 is 33.9 Å². The largest absolute Gasteiger partial charge is 0.452 e. The minimum absolute atomic E-state index is 0.202. The molecule has 4 nitrogen and oxygen atoms in total. The van der Waals surface area contributed by atoms with Crippen molar-refractivity contribution in [3.63, 3.8) is 0 Å². The average molecular weight is 380 g/mol. The van der Waals surface area contributed by atoms with Gasteiger partial charge in [-0.2, -0.15) is 0 Å². The second-order valence-corrected chi connectivity index (χ2v) is 6.84. The van der Waals surface area contributed by atoms with Crippen molar-refractivity contribution in [2.75, 3.05) is 6.61 Å². The first-order valence-electron chi connectivity index (χ1n) is 7.94. The number of amides is 1. The van der Waals surface area contributed by atoms with Crippen LogP contribution in [0.25, 0.3) is 6.08 Å². The van der Waals surface area contributed by atoms with Crippen LogP contribution in [0.5, 0.6) is 0 Å². The molecule has 0 saturated heterocycles. The van der Waals surface area contributed by atoms with Crippen LogP contribution in [0, 0.1) is 5.92 Å². The molecule has 1 aromatic carbocycles. The zero-order valence-corrected chi connectivity index (χ0v) is 14.8. The van der Waals surface area contributed by atoms with Gasteiger partial charge < -0.3 is 10.1 Å². The molecule has 2 unspecified atom stereocenters. The van der Waals surface area contributed by atoms with Gasteiger partial charge in [0, 0.05) is 16.6 Å². The van der Waals surface area contributed by atoms with Gasteiger partial charge >= 0.3 is 5.97 Å². The molecule has 0 bridgehead atoms. The van der Waals surface area contributed by atoms with E-state index in [1.807, 2.05) is 24.3 Å². The number of benzene rings is 1. The summed E-state index contributed by atoms with van der Waals surface area (Å²) in [6.45, 7) is 1.92. The molecule has 1 fully saturated rings. The van der Waals surface area contributed by atoms with Crippen molar-refractivity contribution in [2.24, 2.45) is 5.92 Å². The molecular formula is C18H22BrNO3. The SMILES string of the molecule is CC1CCCCC1NC(=O)COC(=O)/C=C/c1ccc(Br)cc1. The molecule has 0 heterocycles. The first kappa shape index (κ1) is 17.7. The van der Waals surface area contributed by atoms with Crippen LogP contribution < -0.4 is 5.32 Å². The zero-order valence-electron chi connectivity index (χ0n) is 13.3. The van der Waals surface area contributed by atoms with Gasteiger partial charge in [0.05, 0.1) is 0 Å². The first-order chi connectivity index (χ1) is 11.0. The molecule has 23 heavy (non-hydrogen) atoms. The predicted octanol–water partition coefficient (Wildman–Crippen LogP) is 3.70. The van der Waals surface area contributed by atoms with Crippen LogP contribution in [0.15, 0.2) is 34.8 Å². The molecule has 0 radical (unpaired) electrons. The molecule has 1 aliphatic carbocycles. The number of esters is 1. The Balaban J connectivity index is 1.73. The Kier molecular flexibility index (Phi) is 6.84. The molecule has 0 aliphatic heterocycles. The highest BCUT2D eigenvalue weighted by Crippen LogP contribution is 2.23. The number of hydrogen-bond acceptors (Lipinski definition) is 3. The van der Waals surface area contributed by atoms with E-state index < -0.39 is 5.97 Å². The molecule has 0 spiro atoms. The lowest BCUT2D eigenvalue weighted by atomic mass is 9.86. The second kappa shape index (κ2) is 8.87. The summed E-state index contributed by atoms with van der Waals surface area (Å²) in [7, 11) is 0. The van der Waals surface area contributed by atoms with Crippen molar-refractivity contribution in [3.05, 3.63) is 40.4 Å². The van der Waals surface area contributed by atoms with Crippen molar-refractivity contribution in [2.45, 2.75) is 38.6 Å². The summed E-state index contributed by atoms with van der Waals surface area (Å²) in [5, 5.41) is 2.96. The lowest BCUT2D eigenvalue weighted by Gasteiger charge is -2.29. The Labute approximate surface area is 145 Å². The van der Waals surface area contributed by atoms with Gasteiger partial charge in [0.25, 0.3) is 5.91 Å². The smallest absolute Gasteiger partial charge is 0.331 e. The maximum absolute atomic E-state index is 11.9.